The average Bonchev–Trinajstić information content (AvgIpc) is 3.13. The molecule has 25 heavy (non-hydrogen) atoms. The van der Waals surface area contributed by atoms with Crippen LogP contribution in [0.5, 0.6) is 0 Å². The molecule has 2 unspecified atom stereocenters. The van der Waals surface area contributed by atoms with Gasteiger partial charge in [-0.1, -0.05) is 0 Å². The fourth-order valence-electron chi connectivity index (χ4n) is 3.90. The second-order valence-electron chi connectivity index (χ2n) is 7.35. The van der Waals surface area contributed by atoms with Gasteiger partial charge >= 0.3 is 0 Å². The Morgan fingerprint density at radius 2 is 1.84 bits per heavy atom. The quantitative estimate of drug-likeness (QED) is 0.689. The van der Waals surface area contributed by atoms with Gasteiger partial charge in [-0.15, -0.1) is 0 Å². The van der Waals surface area contributed by atoms with Crippen molar-refractivity contribution in [2.45, 2.75) is 50.9 Å². The highest BCUT2D eigenvalue weighted by Gasteiger charge is 2.32. The lowest BCUT2D eigenvalue weighted by atomic mass is 10.0. The van der Waals surface area contributed by atoms with Crippen LogP contribution in [0.15, 0.2) is 0 Å². The summed E-state index contributed by atoms with van der Waals surface area (Å²) in [5.41, 5.74) is 0. The van der Waals surface area contributed by atoms with Gasteiger partial charge in [0.15, 0.2) is 9.84 Å². The van der Waals surface area contributed by atoms with Crippen LogP contribution in [-0.4, -0.2) is 93.3 Å². The topological polar surface area (TPSA) is 76.2 Å². The number of piperidine rings is 1. The van der Waals surface area contributed by atoms with E-state index in [0.717, 1.165) is 45.4 Å². The van der Waals surface area contributed by atoms with Crippen molar-refractivity contribution in [3.8, 4) is 0 Å². The van der Waals surface area contributed by atoms with Crippen LogP contribution >= 0.6 is 0 Å². The monoisotopic (exact) mass is 374 g/mol. The van der Waals surface area contributed by atoms with Crippen LogP contribution in [0.3, 0.4) is 0 Å². The van der Waals surface area contributed by atoms with Gasteiger partial charge in [-0.2, -0.15) is 0 Å². The first-order valence-electron chi connectivity index (χ1n) is 9.41. The molecule has 3 saturated heterocycles. The number of nitrogens with zero attached hydrogens (tertiary/aromatic N) is 2. The molecule has 1 amide bonds. The number of carbonyl (C=O) groups is 1. The largest absolute Gasteiger partial charge is 0.376 e. The lowest BCUT2D eigenvalue weighted by molar-refractivity contribution is -0.146. The Bertz CT molecular complexity index is 539. The second-order valence-corrected chi connectivity index (χ2v) is 9.66. The van der Waals surface area contributed by atoms with Crippen molar-refractivity contribution in [1.29, 1.82) is 0 Å². The summed E-state index contributed by atoms with van der Waals surface area (Å²) in [4.78, 5) is 16.7. The molecule has 3 aliphatic heterocycles. The number of amides is 1. The predicted octanol–water partition coefficient (Wildman–Crippen LogP) is 0.292. The summed E-state index contributed by atoms with van der Waals surface area (Å²) in [7, 11) is -2.84. The Kier molecular flexibility index (Phi) is 6.35. The van der Waals surface area contributed by atoms with Crippen LogP contribution in [0.1, 0.15) is 32.6 Å². The average molecular weight is 375 g/mol. The van der Waals surface area contributed by atoms with E-state index in [1.54, 1.807) is 0 Å². The van der Waals surface area contributed by atoms with Gasteiger partial charge in [0.2, 0.25) is 0 Å². The summed E-state index contributed by atoms with van der Waals surface area (Å²) >= 11 is 0. The number of hydrogen-bond acceptors (Lipinski definition) is 6. The minimum Gasteiger partial charge on any atom is -0.376 e. The number of likely N-dealkylation sites (tertiary alicyclic amines) is 1. The lowest BCUT2D eigenvalue weighted by Crippen LogP contribution is -2.52. The Labute approximate surface area is 150 Å². The number of ether oxygens (including phenoxy) is 2. The van der Waals surface area contributed by atoms with Crippen LogP contribution in [0, 0.1) is 0 Å². The molecule has 0 aliphatic carbocycles. The van der Waals surface area contributed by atoms with Gasteiger partial charge in [0.1, 0.15) is 6.10 Å². The molecular formula is C17H30N2O5S. The predicted molar refractivity (Wildman–Crippen MR) is 94.2 cm³/mol. The fourth-order valence-corrected chi connectivity index (χ4v) is 5.13. The zero-order valence-electron chi connectivity index (χ0n) is 15.1. The fraction of sp³-hybridized carbons (Fsp3) is 0.941. The van der Waals surface area contributed by atoms with E-state index in [4.69, 9.17) is 9.47 Å². The molecule has 0 radical (unpaired) electrons. The summed E-state index contributed by atoms with van der Waals surface area (Å²) in [6.07, 6.45) is 3.60. The molecule has 0 N–H and O–H groups in total. The molecule has 0 aromatic heterocycles. The van der Waals surface area contributed by atoms with Gasteiger partial charge in [0.05, 0.1) is 24.2 Å². The van der Waals surface area contributed by atoms with Crippen molar-refractivity contribution in [3.05, 3.63) is 0 Å². The summed E-state index contributed by atoms with van der Waals surface area (Å²) in [6, 6.07) is 0.391. The smallest absolute Gasteiger partial charge is 0.251 e. The molecule has 0 bridgehead atoms. The van der Waals surface area contributed by atoms with E-state index in [0.29, 0.717) is 25.7 Å². The van der Waals surface area contributed by atoms with Gasteiger partial charge in [0.25, 0.3) is 5.91 Å². The van der Waals surface area contributed by atoms with Crippen LogP contribution in [0.4, 0.5) is 0 Å². The maximum atomic E-state index is 12.5. The van der Waals surface area contributed by atoms with E-state index in [9.17, 15) is 13.2 Å². The van der Waals surface area contributed by atoms with Crippen LogP contribution in [0.25, 0.3) is 0 Å². The third-order valence-electron chi connectivity index (χ3n) is 5.58. The van der Waals surface area contributed by atoms with Crippen molar-refractivity contribution in [1.82, 2.24) is 9.80 Å². The highest BCUT2D eigenvalue weighted by molar-refractivity contribution is 7.91. The SMILES string of the molecule is CC(OCC1CCCO1)C(=O)N1CCC(N2CCS(=O)(=O)CC2)CC1. The first kappa shape index (κ1) is 19.1. The first-order chi connectivity index (χ1) is 11.9. The zero-order chi connectivity index (χ0) is 17.9. The van der Waals surface area contributed by atoms with E-state index in [1.165, 1.54) is 0 Å². The zero-order valence-corrected chi connectivity index (χ0v) is 15.9. The van der Waals surface area contributed by atoms with Gasteiger partial charge in [0, 0.05) is 38.8 Å². The van der Waals surface area contributed by atoms with Crippen molar-refractivity contribution in [2.75, 3.05) is 50.9 Å². The molecule has 0 saturated carbocycles. The van der Waals surface area contributed by atoms with Crippen molar-refractivity contribution >= 4 is 15.7 Å². The van der Waals surface area contributed by atoms with Crippen LogP contribution in [-0.2, 0) is 24.1 Å². The van der Waals surface area contributed by atoms with E-state index >= 15 is 0 Å². The highest BCUT2D eigenvalue weighted by atomic mass is 32.2. The molecule has 3 heterocycles. The standard InChI is InChI=1S/C17H30N2O5S/c1-14(24-13-16-3-2-10-23-16)17(20)19-6-4-15(5-7-19)18-8-11-25(21,22)12-9-18/h14-16H,2-13H2,1H3. The maximum absolute atomic E-state index is 12.5. The second kappa shape index (κ2) is 8.33. The maximum Gasteiger partial charge on any atom is 0.251 e. The van der Waals surface area contributed by atoms with E-state index in [2.05, 4.69) is 4.90 Å². The Morgan fingerprint density at radius 1 is 1.16 bits per heavy atom. The van der Waals surface area contributed by atoms with Gasteiger partial charge in [-0.3, -0.25) is 9.69 Å². The van der Waals surface area contributed by atoms with E-state index in [1.807, 2.05) is 11.8 Å². The number of carbonyl (C=O) groups excluding carboxylic acids is 1. The first-order valence-corrected chi connectivity index (χ1v) is 11.2. The minimum atomic E-state index is -2.84. The number of hydrogen-bond donors (Lipinski definition) is 0. The molecule has 8 heteroatoms. The van der Waals surface area contributed by atoms with Gasteiger partial charge in [-0.05, 0) is 32.6 Å². The van der Waals surface area contributed by atoms with Gasteiger partial charge in [-0.25, -0.2) is 8.42 Å². The third-order valence-corrected chi connectivity index (χ3v) is 7.18. The third kappa shape index (κ3) is 5.15. The molecule has 3 fully saturated rings. The highest BCUT2D eigenvalue weighted by Crippen LogP contribution is 2.20. The lowest BCUT2D eigenvalue weighted by Gasteiger charge is -2.40. The Morgan fingerprint density at radius 3 is 2.44 bits per heavy atom. The summed E-state index contributed by atoms with van der Waals surface area (Å²) in [5.74, 6) is 0.582. The van der Waals surface area contributed by atoms with Crippen LogP contribution in [0.2, 0.25) is 0 Å². The molecule has 3 aliphatic rings. The van der Waals surface area contributed by atoms with Crippen molar-refractivity contribution < 1.29 is 22.7 Å². The Hall–Kier alpha value is -0.700. The molecule has 0 spiro atoms. The van der Waals surface area contributed by atoms with Crippen LogP contribution < -0.4 is 0 Å². The van der Waals surface area contributed by atoms with E-state index in [-0.39, 0.29) is 23.5 Å². The molecule has 7 nitrogen and oxygen atoms in total. The number of sulfone groups is 1. The molecule has 2 atom stereocenters. The normalized spacial score (nSPS) is 29.6. The molecular weight excluding hydrogens is 344 g/mol. The van der Waals surface area contributed by atoms with Crippen molar-refractivity contribution in [2.24, 2.45) is 0 Å². The minimum absolute atomic E-state index is 0.0534. The van der Waals surface area contributed by atoms with Gasteiger partial charge < -0.3 is 14.4 Å². The van der Waals surface area contributed by atoms with Crippen molar-refractivity contribution in [3.63, 3.8) is 0 Å². The van der Waals surface area contributed by atoms with E-state index < -0.39 is 15.9 Å². The summed E-state index contributed by atoms with van der Waals surface area (Å²) in [6.45, 7) is 5.80. The summed E-state index contributed by atoms with van der Waals surface area (Å²) in [5, 5.41) is 0. The Balaban J connectivity index is 1.39. The summed E-state index contributed by atoms with van der Waals surface area (Å²) < 4.78 is 34.3. The number of rotatable bonds is 5. The molecule has 3 rings (SSSR count). The molecule has 144 valence electrons. The molecule has 0 aromatic carbocycles. The molecule has 0 aromatic rings.